The largest absolute Gasteiger partial charge is 0.323 e. The number of thioether (sulfide) groups is 1. The quantitative estimate of drug-likeness (QED) is 0.663. The average molecular weight is 374 g/mol. The summed E-state index contributed by atoms with van der Waals surface area (Å²) in [6.45, 7) is 2.41. The lowest BCUT2D eigenvalue weighted by Crippen LogP contribution is -2.15. The van der Waals surface area contributed by atoms with E-state index in [1.165, 1.54) is 18.2 Å². The Morgan fingerprint density at radius 3 is 2.46 bits per heavy atom. The molecule has 0 aliphatic carbocycles. The average Bonchev–Trinajstić information content (AvgIpc) is 3.05. The van der Waals surface area contributed by atoms with Gasteiger partial charge in [-0.25, -0.2) is 8.78 Å². The zero-order valence-electron chi connectivity index (χ0n) is 13.9. The number of nitrogens with zero attached hydrogens (tertiary/aromatic N) is 3. The third kappa shape index (κ3) is 3.91. The van der Waals surface area contributed by atoms with Gasteiger partial charge in [0, 0.05) is 6.54 Å². The minimum Gasteiger partial charge on any atom is -0.323 e. The van der Waals surface area contributed by atoms with Crippen molar-refractivity contribution in [1.82, 2.24) is 14.8 Å². The second-order valence-electron chi connectivity index (χ2n) is 5.35. The molecule has 0 spiro atoms. The highest BCUT2D eigenvalue weighted by Crippen LogP contribution is 2.26. The molecule has 0 aliphatic rings. The molecule has 26 heavy (non-hydrogen) atoms. The van der Waals surface area contributed by atoms with Crippen molar-refractivity contribution in [1.29, 1.82) is 0 Å². The molecule has 8 heteroatoms. The van der Waals surface area contributed by atoms with Crippen molar-refractivity contribution in [2.75, 3.05) is 11.1 Å². The van der Waals surface area contributed by atoms with Crippen molar-refractivity contribution < 1.29 is 13.6 Å². The first-order valence-corrected chi connectivity index (χ1v) is 8.94. The molecule has 0 bridgehead atoms. The molecule has 134 valence electrons. The molecule has 0 aliphatic heterocycles. The highest BCUT2D eigenvalue weighted by atomic mass is 32.2. The number of hydrogen-bond acceptors (Lipinski definition) is 4. The van der Waals surface area contributed by atoms with Gasteiger partial charge in [0.25, 0.3) is 0 Å². The van der Waals surface area contributed by atoms with Gasteiger partial charge in [-0.15, -0.1) is 10.2 Å². The molecule has 5 nitrogen and oxygen atoms in total. The minimum atomic E-state index is -0.496. The second kappa shape index (κ2) is 8.09. The zero-order valence-corrected chi connectivity index (χ0v) is 14.8. The number of amides is 1. The third-order valence-electron chi connectivity index (χ3n) is 3.63. The molecular weight excluding hydrogens is 358 g/mol. The molecule has 0 atom stereocenters. The van der Waals surface area contributed by atoms with E-state index in [9.17, 15) is 13.6 Å². The molecule has 3 rings (SSSR count). The topological polar surface area (TPSA) is 59.8 Å². The Morgan fingerprint density at radius 2 is 1.77 bits per heavy atom. The Hall–Kier alpha value is -2.74. The molecule has 0 radical (unpaired) electrons. The number of carbonyl (C=O) groups is 1. The number of anilines is 1. The molecular formula is C18H16F2N4OS. The van der Waals surface area contributed by atoms with E-state index in [0.717, 1.165) is 11.8 Å². The van der Waals surface area contributed by atoms with Crippen LogP contribution in [0.2, 0.25) is 0 Å². The van der Waals surface area contributed by atoms with Crippen LogP contribution in [0, 0.1) is 11.6 Å². The number of para-hydroxylation sites is 1. The van der Waals surface area contributed by atoms with Crippen LogP contribution in [0.4, 0.5) is 14.5 Å². The van der Waals surface area contributed by atoms with Crippen LogP contribution in [0.15, 0.2) is 53.7 Å². The summed E-state index contributed by atoms with van der Waals surface area (Å²) in [5.74, 6) is -0.808. The fraction of sp³-hybridized carbons (Fsp3) is 0.167. The highest BCUT2D eigenvalue weighted by Gasteiger charge is 2.17. The lowest BCUT2D eigenvalue weighted by molar-refractivity contribution is -0.113. The summed E-state index contributed by atoms with van der Waals surface area (Å²) < 4.78 is 29.3. The smallest absolute Gasteiger partial charge is 0.234 e. The monoisotopic (exact) mass is 374 g/mol. The fourth-order valence-corrected chi connectivity index (χ4v) is 3.20. The van der Waals surface area contributed by atoms with Crippen molar-refractivity contribution in [3.8, 4) is 11.4 Å². The van der Waals surface area contributed by atoms with Crippen LogP contribution in [0.3, 0.4) is 0 Å². The minimum absolute atomic E-state index is 0.0315. The van der Waals surface area contributed by atoms with E-state index in [0.29, 0.717) is 23.1 Å². The molecule has 1 N–H and O–H groups in total. The molecule has 0 unspecified atom stereocenters. The summed E-state index contributed by atoms with van der Waals surface area (Å²) in [7, 11) is 0. The van der Waals surface area contributed by atoms with Gasteiger partial charge in [0.15, 0.2) is 11.0 Å². The summed E-state index contributed by atoms with van der Waals surface area (Å²) in [5.41, 5.74) is 0.478. The predicted octanol–water partition coefficient (Wildman–Crippen LogP) is 3.97. The number of benzene rings is 2. The Balaban J connectivity index is 1.72. The van der Waals surface area contributed by atoms with Gasteiger partial charge in [0.2, 0.25) is 5.91 Å². The van der Waals surface area contributed by atoms with Gasteiger partial charge in [-0.05, 0) is 31.2 Å². The van der Waals surface area contributed by atoms with Crippen molar-refractivity contribution >= 4 is 23.4 Å². The summed E-state index contributed by atoms with van der Waals surface area (Å²) in [5, 5.41) is 11.1. The molecule has 3 aromatic rings. The van der Waals surface area contributed by atoms with Gasteiger partial charge in [-0.2, -0.15) is 0 Å². The number of hydrogen-bond donors (Lipinski definition) is 1. The van der Waals surface area contributed by atoms with E-state index in [1.807, 2.05) is 6.92 Å². The number of rotatable bonds is 6. The van der Waals surface area contributed by atoms with E-state index in [4.69, 9.17) is 0 Å². The van der Waals surface area contributed by atoms with Crippen molar-refractivity contribution in [3.63, 3.8) is 0 Å². The van der Waals surface area contributed by atoms with E-state index in [-0.39, 0.29) is 23.2 Å². The van der Waals surface area contributed by atoms with Crippen molar-refractivity contribution in [3.05, 3.63) is 60.2 Å². The Bertz CT molecular complexity index is 929. The SMILES string of the molecule is CCn1c(SCC(=O)Nc2ccccc2F)nnc1-c1ccccc1F. The molecule has 0 saturated heterocycles. The maximum atomic E-state index is 14.0. The maximum Gasteiger partial charge on any atom is 0.234 e. The van der Waals surface area contributed by atoms with Gasteiger partial charge >= 0.3 is 0 Å². The Kier molecular flexibility index (Phi) is 5.62. The molecule has 1 heterocycles. The van der Waals surface area contributed by atoms with E-state index >= 15 is 0 Å². The molecule has 0 fully saturated rings. The zero-order chi connectivity index (χ0) is 18.5. The molecule has 1 aromatic heterocycles. The van der Waals surface area contributed by atoms with E-state index < -0.39 is 5.82 Å². The standard InChI is InChI=1S/C18H16F2N4OS/c1-2-24-17(12-7-3-4-8-13(12)19)22-23-18(24)26-11-16(25)21-15-10-6-5-9-14(15)20/h3-10H,2,11H2,1H3,(H,21,25). The first-order valence-electron chi connectivity index (χ1n) is 7.95. The predicted molar refractivity (Wildman–Crippen MR) is 96.8 cm³/mol. The first-order chi connectivity index (χ1) is 12.6. The summed E-state index contributed by atoms with van der Waals surface area (Å²) in [4.78, 5) is 12.1. The van der Waals surface area contributed by atoms with Gasteiger partial charge < -0.3 is 9.88 Å². The van der Waals surface area contributed by atoms with E-state index in [2.05, 4.69) is 15.5 Å². The van der Waals surface area contributed by atoms with Crippen LogP contribution in [0.25, 0.3) is 11.4 Å². The van der Waals surface area contributed by atoms with Gasteiger partial charge in [-0.3, -0.25) is 4.79 Å². The van der Waals surface area contributed by atoms with Crippen molar-refractivity contribution in [2.24, 2.45) is 0 Å². The second-order valence-corrected chi connectivity index (χ2v) is 6.29. The number of aromatic nitrogens is 3. The third-order valence-corrected chi connectivity index (χ3v) is 4.59. The van der Waals surface area contributed by atoms with Crippen LogP contribution < -0.4 is 5.32 Å². The van der Waals surface area contributed by atoms with Crippen molar-refractivity contribution in [2.45, 2.75) is 18.6 Å². The lowest BCUT2D eigenvalue weighted by atomic mass is 10.2. The molecule has 1 amide bonds. The van der Waals surface area contributed by atoms with Crippen LogP contribution in [-0.2, 0) is 11.3 Å². The van der Waals surface area contributed by atoms with E-state index in [1.54, 1.807) is 34.9 Å². The summed E-state index contributed by atoms with van der Waals surface area (Å²) >= 11 is 1.16. The Labute approximate surface area is 153 Å². The number of halogens is 2. The lowest BCUT2D eigenvalue weighted by Gasteiger charge is -2.08. The normalized spacial score (nSPS) is 10.7. The van der Waals surface area contributed by atoms with Gasteiger partial charge in [0.1, 0.15) is 11.6 Å². The maximum absolute atomic E-state index is 14.0. The van der Waals surface area contributed by atoms with Gasteiger partial charge in [0.05, 0.1) is 17.0 Å². The number of carbonyl (C=O) groups excluding carboxylic acids is 1. The number of nitrogens with one attached hydrogen (secondary N) is 1. The highest BCUT2D eigenvalue weighted by molar-refractivity contribution is 7.99. The van der Waals surface area contributed by atoms with Crippen LogP contribution in [0.5, 0.6) is 0 Å². The van der Waals surface area contributed by atoms with Gasteiger partial charge in [-0.1, -0.05) is 36.0 Å². The van der Waals surface area contributed by atoms with Crippen LogP contribution in [0.1, 0.15) is 6.92 Å². The summed E-state index contributed by atoms with van der Waals surface area (Å²) in [6.07, 6.45) is 0. The fourth-order valence-electron chi connectivity index (χ4n) is 2.40. The Morgan fingerprint density at radius 1 is 1.08 bits per heavy atom. The molecule has 2 aromatic carbocycles. The van der Waals surface area contributed by atoms with Crippen LogP contribution in [-0.4, -0.2) is 26.4 Å². The summed E-state index contributed by atoms with van der Waals surface area (Å²) in [6, 6.07) is 12.3. The molecule has 0 saturated carbocycles. The van der Waals surface area contributed by atoms with Crippen LogP contribution >= 0.6 is 11.8 Å². The first kappa shape index (κ1) is 18.1.